The summed E-state index contributed by atoms with van der Waals surface area (Å²) in [5.41, 5.74) is 8.45. The Kier molecular flexibility index (Phi) is 4.53. The molecule has 4 nitrogen and oxygen atoms in total. The van der Waals surface area contributed by atoms with Crippen LogP contribution >= 0.6 is 0 Å². The molecule has 3 N–H and O–H groups in total. The number of ether oxygens (including phenoxy) is 1. The van der Waals surface area contributed by atoms with Crippen LogP contribution in [0.15, 0.2) is 18.2 Å². The van der Waals surface area contributed by atoms with Gasteiger partial charge in [-0.25, -0.2) is 4.79 Å². The van der Waals surface area contributed by atoms with Crippen molar-refractivity contribution in [1.29, 1.82) is 0 Å². The SMILES string of the molecule is CCOC(=O)c1ccc(NCC2(CC)CCC2)c(N)c1. The van der Waals surface area contributed by atoms with E-state index in [-0.39, 0.29) is 5.97 Å². The summed E-state index contributed by atoms with van der Waals surface area (Å²) in [6.45, 7) is 5.36. The Labute approximate surface area is 120 Å². The summed E-state index contributed by atoms with van der Waals surface area (Å²) in [4.78, 5) is 11.6. The molecule has 0 radical (unpaired) electrons. The van der Waals surface area contributed by atoms with E-state index in [1.807, 2.05) is 6.07 Å². The second-order valence-corrected chi connectivity index (χ2v) is 5.58. The van der Waals surface area contributed by atoms with Crippen LogP contribution in [0.4, 0.5) is 11.4 Å². The lowest BCUT2D eigenvalue weighted by Gasteiger charge is -2.41. The van der Waals surface area contributed by atoms with E-state index in [4.69, 9.17) is 10.5 Å². The summed E-state index contributed by atoms with van der Waals surface area (Å²) in [7, 11) is 0. The standard InChI is InChI=1S/C16H24N2O2/c1-3-16(8-5-9-16)11-18-14-7-6-12(10-13(14)17)15(19)20-4-2/h6-7,10,18H,3-5,8-9,11,17H2,1-2H3. The van der Waals surface area contributed by atoms with Gasteiger partial charge in [0.25, 0.3) is 0 Å². The third kappa shape index (κ3) is 3.06. The minimum Gasteiger partial charge on any atom is -0.462 e. The van der Waals surface area contributed by atoms with E-state index in [9.17, 15) is 4.79 Å². The highest BCUT2D eigenvalue weighted by atomic mass is 16.5. The van der Waals surface area contributed by atoms with Crippen molar-refractivity contribution in [2.75, 3.05) is 24.2 Å². The van der Waals surface area contributed by atoms with E-state index < -0.39 is 0 Å². The molecule has 110 valence electrons. The van der Waals surface area contributed by atoms with Crippen LogP contribution in [0.1, 0.15) is 49.9 Å². The van der Waals surface area contributed by atoms with Gasteiger partial charge in [-0.15, -0.1) is 0 Å². The molecule has 0 aliphatic heterocycles. The van der Waals surface area contributed by atoms with Crippen molar-refractivity contribution < 1.29 is 9.53 Å². The van der Waals surface area contributed by atoms with E-state index in [0.29, 0.717) is 23.3 Å². The zero-order chi connectivity index (χ0) is 14.6. The van der Waals surface area contributed by atoms with Crippen LogP contribution in [0.25, 0.3) is 0 Å². The largest absolute Gasteiger partial charge is 0.462 e. The van der Waals surface area contributed by atoms with Crippen molar-refractivity contribution in [3.8, 4) is 0 Å². The number of nitrogens with two attached hydrogens (primary N) is 1. The summed E-state index contributed by atoms with van der Waals surface area (Å²) in [5.74, 6) is -0.324. The monoisotopic (exact) mass is 276 g/mol. The number of rotatable bonds is 6. The topological polar surface area (TPSA) is 64.3 Å². The molecule has 20 heavy (non-hydrogen) atoms. The number of carbonyl (C=O) groups excluding carboxylic acids is 1. The molecule has 0 saturated heterocycles. The first-order valence-corrected chi connectivity index (χ1v) is 7.41. The van der Waals surface area contributed by atoms with Gasteiger partial charge >= 0.3 is 5.97 Å². The minimum atomic E-state index is -0.324. The van der Waals surface area contributed by atoms with Crippen molar-refractivity contribution in [3.63, 3.8) is 0 Å². The smallest absolute Gasteiger partial charge is 0.338 e. The van der Waals surface area contributed by atoms with E-state index >= 15 is 0 Å². The molecule has 1 aromatic carbocycles. The maximum Gasteiger partial charge on any atom is 0.338 e. The number of nitrogens with one attached hydrogen (secondary N) is 1. The molecule has 0 heterocycles. The predicted octanol–water partition coefficient (Wildman–Crippen LogP) is 3.44. The van der Waals surface area contributed by atoms with Gasteiger partial charge in [0.1, 0.15) is 0 Å². The van der Waals surface area contributed by atoms with E-state index in [2.05, 4.69) is 12.2 Å². The first kappa shape index (κ1) is 14.7. The molecule has 0 atom stereocenters. The molecule has 1 saturated carbocycles. The van der Waals surface area contributed by atoms with Gasteiger partial charge in [0.05, 0.1) is 23.5 Å². The van der Waals surface area contributed by atoms with Crippen LogP contribution in [0.3, 0.4) is 0 Å². The molecule has 0 aromatic heterocycles. The van der Waals surface area contributed by atoms with Crippen molar-refractivity contribution in [2.24, 2.45) is 5.41 Å². The maximum atomic E-state index is 11.6. The van der Waals surface area contributed by atoms with Gasteiger partial charge in [0, 0.05) is 6.54 Å². The molecule has 0 bridgehead atoms. The van der Waals surface area contributed by atoms with Gasteiger partial charge in [-0.3, -0.25) is 0 Å². The number of hydrogen-bond acceptors (Lipinski definition) is 4. The molecule has 0 spiro atoms. The highest BCUT2D eigenvalue weighted by Crippen LogP contribution is 2.43. The first-order valence-electron chi connectivity index (χ1n) is 7.41. The van der Waals surface area contributed by atoms with Crippen LogP contribution in [0.2, 0.25) is 0 Å². The second-order valence-electron chi connectivity index (χ2n) is 5.58. The van der Waals surface area contributed by atoms with E-state index in [0.717, 1.165) is 12.2 Å². The van der Waals surface area contributed by atoms with E-state index in [1.54, 1.807) is 19.1 Å². The number of nitrogen functional groups attached to an aromatic ring is 1. The maximum absolute atomic E-state index is 11.6. The zero-order valence-electron chi connectivity index (χ0n) is 12.4. The molecule has 1 aliphatic rings. The number of anilines is 2. The molecule has 1 aliphatic carbocycles. The van der Waals surface area contributed by atoms with Crippen molar-refractivity contribution in [2.45, 2.75) is 39.5 Å². The minimum absolute atomic E-state index is 0.324. The van der Waals surface area contributed by atoms with Gasteiger partial charge in [0.2, 0.25) is 0 Å². The Morgan fingerprint density at radius 3 is 2.65 bits per heavy atom. The fraction of sp³-hybridized carbons (Fsp3) is 0.562. The Morgan fingerprint density at radius 1 is 1.40 bits per heavy atom. The van der Waals surface area contributed by atoms with Crippen molar-refractivity contribution in [3.05, 3.63) is 23.8 Å². The molecule has 1 aromatic rings. The lowest BCUT2D eigenvalue weighted by molar-refractivity contribution is 0.0526. The van der Waals surface area contributed by atoms with Crippen LogP contribution < -0.4 is 11.1 Å². The third-order valence-electron chi connectivity index (χ3n) is 4.38. The van der Waals surface area contributed by atoms with Gasteiger partial charge in [0.15, 0.2) is 0 Å². The normalized spacial score (nSPS) is 16.3. The summed E-state index contributed by atoms with van der Waals surface area (Å²) in [5, 5.41) is 3.43. The first-order chi connectivity index (χ1) is 9.60. The van der Waals surface area contributed by atoms with Crippen LogP contribution in [0, 0.1) is 5.41 Å². The average molecular weight is 276 g/mol. The lowest BCUT2D eigenvalue weighted by Crippen LogP contribution is -2.36. The number of esters is 1. The van der Waals surface area contributed by atoms with Crippen LogP contribution in [0.5, 0.6) is 0 Å². The Bertz CT molecular complexity index is 476. The Hall–Kier alpha value is -1.71. The highest BCUT2D eigenvalue weighted by Gasteiger charge is 2.34. The third-order valence-corrected chi connectivity index (χ3v) is 4.38. The number of carbonyl (C=O) groups is 1. The fourth-order valence-electron chi connectivity index (χ4n) is 2.68. The van der Waals surface area contributed by atoms with Crippen molar-refractivity contribution in [1.82, 2.24) is 0 Å². The molecule has 0 unspecified atom stereocenters. The van der Waals surface area contributed by atoms with Gasteiger partial charge in [-0.2, -0.15) is 0 Å². The van der Waals surface area contributed by atoms with Gasteiger partial charge < -0.3 is 15.8 Å². The zero-order valence-corrected chi connectivity index (χ0v) is 12.4. The highest BCUT2D eigenvalue weighted by molar-refractivity contribution is 5.91. The molecular weight excluding hydrogens is 252 g/mol. The lowest BCUT2D eigenvalue weighted by atomic mass is 9.67. The average Bonchev–Trinajstić information content (AvgIpc) is 2.39. The summed E-state index contributed by atoms with van der Waals surface area (Å²) in [6.07, 6.45) is 5.10. The molecule has 0 amide bonds. The summed E-state index contributed by atoms with van der Waals surface area (Å²) >= 11 is 0. The van der Waals surface area contributed by atoms with Gasteiger partial charge in [-0.1, -0.05) is 13.3 Å². The number of hydrogen-bond donors (Lipinski definition) is 2. The second kappa shape index (κ2) is 6.16. The van der Waals surface area contributed by atoms with E-state index in [1.165, 1.54) is 25.7 Å². The van der Waals surface area contributed by atoms with Crippen LogP contribution in [-0.2, 0) is 4.74 Å². The Balaban J connectivity index is 2.01. The van der Waals surface area contributed by atoms with Crippen molar-refractivity contribution >= 4 is 17.3 Å². The molecular formula is C16H24N2O2. The quantitative estimate of drug-likeness (QED) is 0.617. The fourth-order valence-corrected chi connectivity index (χ4v) is 2.68. The summed E-state index contributed by atoms with van der Waals surface area (Å²) < 4.78 is 4.97. The Morgan fingerprint density at radius 2 is 2.15 bits per heavy atom. The van der Waals surface area contributed by atoms with Gasteiger partial charge in [-0.05, 0) is 49.8 Å². The summed E-state index contributed by atoms with van der Waals surface area (Å²) in [6, 6.07) is 5.30. The number of benzene rings is 1. The molecule has 1 fully saturated rings. The molecule has 2 rings (SSSR count). The predicted molar refractivity (Wildman–Crippen MR) is 81.9 cm³/mol. The molecule has 4 heteroatoms. The van der Waals surface area contributed by atoms with Crippen LogP contribution in [-0.4, -0.2) is 19.1 Å².